The summed E-state index contributed by atoms with van der Waals surface area (Å²) >= 11 is 0.982. The van der Waals surface area contributed by atoms with Crippen LogP contribution in [0.4, 0.5) is 0 Å². The van der Waals surface area contributed by atoms with Crippen molar-refractivity contribution in [3.8, 4) is 5.40 Å². The Hall–Kier alpha value is -1.25. The van der Waals surface area contributed by atoms with Crippen LogP contribution in [0.25, 0.3) is 0 Å². The normalized spacial score (nSPS) is 23.8. The van der Waals surface area contributed by atoms with Crippen LogP contribution in [0.3, 0.4) is 0 Å². The maximum Gasteiger partial charge on any atom is 0.265 e. The third-order valence-electron chi connectivity index (χ3n) is 4.60. The maximum absolute atomic E-state index is 12.6. The number of rotatable bonds is 7. The molecule has 2 atom stereocenters. The lowest BCUT2D eigenvalue weighted by atomic mass is 9.88. The fourth-order valence-electron chi connectivity index (χ4n) is 2.95. The quantitative estimate of drug-likeness (QED) is 0.436. The number of aromatic nitrogens is 1. The molecule has 0 radical (unpaired) electrons. The zero-order valence-corrected chi connectivity index (χ0v) is 13.8. The predicted octanol–water partition coefficient (Wildman–Crippen LogP) is 3.82. The van der Waals surface area contributed by atoms with Crippen LogP contribution in [0, 0.1) is 10.7 Å². The van der Waals surface area contributed by atoms with Crippen molar-refractivity contribution in [1.82, 2.24) is 4.57 Å². The summed E-state index contributed by atoms with van der Waals surface area (Å²) in [5, 5.41) is 11.0. The van der Waals surface area contributed by atoms with Crippen molar-refractivity contribution < 1.29 is 4.74 Å². The van der Waals surface area contributed by atoms with E-state index in [9.17, 15) is 4.79 Å². The minimum atomic E-state index is -0.0373. The van der Waals surface area contributed by atoms with E-state index >= 15 is 0 Å². The van der Waals surface area contributed by atoms with Crippen LogP contribution >= 0.6 is 11.8 Å². The first-order valence-electron chi connectivity index (χ1n) is 8.18. The van der Waals surface area contributed by atoms with Gasteiger partial charge in [-0.1, -0.05) is 13.3 Å². The summed E-state index contributed by atoms with van der Waals surface area (Å²) in [6.07, 6.45) is 8.75. The van der Waals surface area contributed by atoms with Crippen LogP contribution in [-0.4, -0.2) is 17.3 Å². The number of ether oxygens (including phenoxy) is 1. The Morgan fingerprint density at radius 1 is 1.41 bits per heavy atom. The summed E-state index contributed by atoms with van der Waals surface area (Å²) in [5.74, 6) is 0.574. The molecule has 2 fully saturated rings. The van der Waals surface area contributed by atoms with E-state index in [1.54, 1.807) is 0 Å². The van der Waals surface area contributed by atoms with Gasteiger partial charge in [-0.05, 0) is 61.4 Å². The van der Waals surface area contributed by atoms with Gasteiger partial charge in [-0.15, -0.1) is 0 Å². The molecule has 0 aliphatic heterocycles. The fraction of sp³-hybridized carbons (Fsp3) is 0.647. The molecule has 1 heterocycles. The minimum absolute atomic E-state index is 0.0373. The summed E-state index contributed by atoms with van der Waals surface area (Å²) in [4.78, 5) is 13.2. The summed E-state index contributed by atoms with van der Waals surface area (Å²) in [6.45, 7) is 2.92. The number of thioether (sulfide) groups is 1. The Morgan fingerprint density at radius 2 is 2.23 bits per heavy atom. The highest BCUT2D eigenvalue weighted by molar-refractivity contribution is 8.03. The molecule has 0 bridgehead atoms. The predicted molar refractivity (Wildman–Crippen MR) is 87.1 cm³/mol. The van der Waals surface area contributed by atoms with Gasteiger partial charge < -0.3 is 9.30 Å². The molecule has 0 aromatic carbocycles. The number of nitrogens with zero attached hydrogens (tertiary/aromatic N) is 2. The van der Waals surface area contributed by atoms with Crippen molar-refractivity contribution in [2.24, 2.45) is 0 Å². The SMILES string of the molecule is CCCCO[C@H]1CC[C@H]1n1cc(C2CC2)cc(SC#N)c1=O. The zero-order chi connectivity index (χ0) is 15.5. The Balaban J connectivity index is 1.83. The van der Waals surface area contributed by atoms with E-state index in [0.717, 1.165) is 44.1 Å². The molecule has 0 amide bonds. The zero-order valence-electron chi connectivity index (χ0n) is 13.0. The third kappa shape index (κ3) is 3.23. The van der Waals surface area contributed by atoms with Crippen LogP contribution < -0.4 is 5.56 Å². The summed E-state index contributed by atoms with van der Waals surface area (Å²) in [7, 11) is 0. The average Bonchev–Trinajstić information content (AvgIpc) is 3.31. The van der Waals surface area contributed by atoms with Gasteiger partial charge in [0, 0.05) is 12.8 Å². The monoisotopic (exact) mass is 318 g/mol. The second-order valence-electron chi connectivity index (χ2n) is 6.23. The molecule has 22 heavy (non-hydrogen) atoms. The third-order valence-corrected chi connectivity index (χ3v) is 5.20. The van der Waals surface area contributed by atoms with Crippen LogP contribution in [0.15, 0.2) is 22.0 Å². The van der Waals surface area contributed by atoms with Gasteiger partial charge in [-0.25, -0.2) is 0 Å². The van der Waals surface area contributed by atoms with E-state index in [1.165, 1.54) is 18.4 Å². The first kappa shape index (κ1) is 15.6. The van der Waals surface area contributed by atoms with Crippen LogP contribution in [0.5, 0.6) is 0 Å². The Morgan fingerprint density at radius 3 is 2.82 bits per heavy atom. The van der Waals surface area contributed by atoms with Crippen molar-refractivity contribution in [3.63, 3.8) is 0 Å². The number of nitriles is 1. The van der Waals surface area contributed by atoms with E-state index in [0.29, 0.717) is 10.8 Å². The molecule has 2 aliphatic rings. The highest BCUT2D eigenvalue weighted by Gasteiger charge is 2.35. The van der Waals surface area contributed by atoms with Gasteiger partial charge in [0.1, 0.15) is 5.40 Å². The number of thiocyanates is 1. The molecule has 2 aliphatic carbocycles. The van der Waals surface area contributed by atoms with Gasteiger partial charge in [-0.3, -0.25) is 4.79 Å². The van der Waals surface area contributed by atoms with Gasteiger partial charge in [0.2, 0.25) is 0 Å². The summed E-state index contributed by atoms with van der Waals surface area (Å²) < 4.78 is 7.77. The lowest BCUT2D eigenvalue weighted by Gasteiger charge is -2.38. The van der Waals surface area contributed by atoms with Crippen molar-refractivity contribution >= 4 is 11.8 Å². The Bertz CT molecular complexity index is 631. The molecule has 0 N–H and O–H groups in total. The largest absolute Gasteiger partial charge is 0.376 e. The standard InChI is InChI=1S/C17H22N2O2S/c1-2-3-8-21-15-7-6-14(15)19-10-13(12-4-5-12)9-16(17(19)20)22-11-18/h9-10,12,14-15H,2-8H2,1H3/t14-,15+/m1/s1. The van der Waals surface area contributed by atoms with E-state index in [2.05, 4.69) is 6.92 Å². The van der Waals surface area contributed by atoms with Gasteiger partial charge in [0.25, 0.3) is 5.56 Å². The van der Waals surface area contributed by atoms with Crippen molar-refractivity contribution in [2.75, 3.05) is 6.61 Å². The Labute approximate surface area is 135 Å². The van der Waals surface area contributed by atoms with Crippen LogP contribution in [0.1, 0.15) is 63.0 Å². The van der Waals surface area contributed by atoms with E-state index in [-0.39, 0.29) is 17.7 Å². The highest BCUT2D eigenvalue weighted by atomic mass is 32.2. The molecule has 4 nitrogen and oxygen atoms in total. The number of hydrogen-bond donors (Lipinski definition) is 0. The first-order valence-corrected chi connectivity index (χ1v) is 8.99. The van der Waals surface area contributed by atoms with Gasteiger partial charge in [-0.2, -0.15) is 5.26 Å². The molecule has 1 aromatic heterocycles. The van der Waals surface area contributed by atoms with Crippen molar-refractivity contribution in [3.05, 3.63) is 28.2 Å². The molecule has 0 spiro atoms. The van der Waals surface area contributed by atoms with Gasteiger partial charge in [0.05, 0.1) is 17.0 Å². The first-order chi connectivity index (χ1) is 10.7. The lowest BCUT2D eigenvalue weighted by molar-refractivity contribution is -0.0419. The van der Waals surface area contributed by atoms with Crippen LogP contribution in [0.2, 0.25) is 0 Å². The average molecular weight is 318 g/mol. The molecule has 0 unspecified atom stereocenters. The number of pyridine rings is 1. The topological polar surface area (TPSA) is 55.0 Å². The number of unbranched alkanes of at least 4 members (excludes halogenated alkanes) is 1. The maximum atomic E-state index is 12.6. The minimum Gasteiger partial charge on any atom is -0.376 e. The van der Waals surface area contributed by atoms with Crippen molar-refractivity contribution in [1.29, 1.82) is 5.26 Å². The van der Waals surface area contributed by atoms with Gasteiger partial charge in [0.15, 0.2) is 0 Å². The highest BCUT2D eigenvalue weighted by Crippen LogP contribution is 2.42. The van der Waals surface area contributed by atoms with Gasteiger partial charge >= 0.3 is 0 Å². The molecule has 118 valence electrons. The van der Waals surface area contributed by atoms with E-state index < -0.39 is 0 Å². The lowest BCUT2D eigenvalue weighted by Crippen LogP contribution is -2.41. The molecule has 1 aromatic rings. The molecule has 2 saturated carbocycles. The second-order valence-corrected chi connectivity index (χ2v) is 7.05. The molecule has 3 rings (SSSR count). The molecular weight excluding hydrogens is 296 g/mol. The smallest absolute Gasteiger partial charge is 0.265 e. The van der Waals surface area contributed by atoms with Crippen molar-refractivity contribution in [2.45, 2.75) is 68.4 Å². The van der Waals surface area contributed by atoms with Crippen LogP contribution in [-0.2, 0) is 4.74 Å². The molecule has 5 heteroatoms. The Kier molecular flexibility index (Phi) is 4.90. The van der Waals surface area contributed by atoms with E-state index in [4.69, 9.17) is 10.00 Å². The number of hydrogen-bond acceptors (Lipinski definition) is 4. The summed E-state index contributed by atoms with van der Waals surface area (Å²) in [6, 6.07) is 2.05. The second kappa shape index (κ2) is 6.89. The van der Waals surface area contributed by atoms with E-state index in [1.807, 2.05) is 22.2 Å². The fourth-order valence-corrected chi connectivity index (χ4v) is 3.43. The molecular formula is C17H22N2O2S. The molecule has 0 saturated heterocycles. The summed E-state index contributed by atoms with van der Waals surface area (Å²) in [5.41, 5.74) is 1.17.